The number of sulfonamides is 1. The van der Waals surface area contributed by atoms with Crippen LogP contribution in [0.5, 0.6) is 0 Å². The van der Waals surface area contributed by atoms with Gasteiger partial charge in [0, 0.05) is 13.1 Å². The van der Waals surface area contributed by atoms with Gasteiger partial charge < -0.3 is 4.90 Å². The number of aromatic nitrogens is 2. The number of anilines is 1. The second-order valence-corrected chi connectivity index (χ2v) is 6.77. The fraction of sp³-hybridized carbons (Fsp3) is 0.214. The monoisotopic (exact) mass is 336 g/mol. The van der Waals surface area contributed by atoms with Gasteiger partial charge in [-0.3, -0.25) is 4.79 Å². The normalized spacial score (nSPS) is 15.1. The summed E-state index contributed by atoms with van der Waals surface area (Å²) in [5.41, 5.74) is 0. The molecule has 1 aromatic heterocycles. The van der Waals surface area contributed by atoms with Crippen LogP contribution in [0.25, 0.3) is 0 Å². The third-order valence-electron chi connectivity index (χ3n) is 3.43. The molecule has 7 nitrogen and oxygen atoms in total. The molecule has 3 rings (SSSR count). The van der Waals surface area contributed by atoms with Gasteiger partial charge in [0.25, 0.3) is 10.0 Å². The van der Waals surface area contributed by atoms with E-state index < -0.39 is 27.7 Å². The average molecular weight is 336 g/mol. The van der Waals surface area contributed by atoms with Gasteiger partial charge in [0.05, 0.1) is 23.2 Å². The van der Waals surface area contributed by atoms with Crippen molar-refractivity contribution in [2.24, 2.45) is 5.92 Å². The van der Waals surface area contributed by atoms with E-state index in [0.29, 0.717) is 5.95 Å². The van der Waals surface area contributed by atoms with Crippen LogP contribution < -0.4 is 9.62 Å². The van der Waals surface area contributed by atoms with Crippen LogP contribution in [-0.4, -0.2) is 37.4 Å². The number of carbonyl (C=O) groups is 1. The summed E-state index contributed by atoms with van der Waals surface area (Å²) in [5.74, 6) is -1.30. The summed E-state index contributed by atoms with van der Waals surface area (Å²) in [4.78, 5) is 21.3. The van der Waals surface area contributed by atoms with E-state index in [1.165, 1.54) is 12.1 Å². The lowest BCUT2D eigenvalue weighted by molar-refractivity contribution is -0.123. The Bertz CT molecular complexity index is 806. The second-order valence-electron chi connectivity index (χ2n) is 5.09. The Balaban J connectivity index is 1.60. The van der Waals surface area contributed by atoms with E-state index >= 15 is 0 Å². The van der Waals surface area contributed by atoms with E-state index in [9.17, 15) is 17.6 Å². The molecule has 1 fully saturated rings. The molecule has 2 heterocycles. The molecular weight excluding hydrogens is 323 g/mol. The van der Waals surface area contributed by atoms with Crippen molar-refractivity contribution in [2.45, 2.75) is 4.90 Å². The number of nitrogens with one attached hydrogen (secondary N) is 1. The molecule has 1 aromatic carbocycles. The van der Waals surface area contributed by atoms with Gasteiger partial charge in [0.1, 0.15) is 0 Å². The van der Waals surface area contributed by atoms with Crippen LogP contribution in [0.3, 0.4) is 0 Å². The van der Waals surface area contributed by atoms with E-state index in [1.54, 1.807) is 23.1 Å². The van der Waals surface area contributed by atoms with Gasteiger partial charge in [0.2, 0.25) is 11.9 Å². The highest BCUT2D eigenvalue weighted by Crippen LogP contribution is 2.21. The standard InChI is InChI=1S/C14H13FN4O3S/c15-11-6-16-14(17-7-11)19-8-10(9-19)13(20)18-23(21,22)12-4-2-1-3-5-12/h1-7,10H,8-9H2,(H,18,20). The first-order valence-corrected chi connectivity index (χ1v) is 8.28. The minimum Gasteiger partial charge on any atom is -0.339 e. The first-order valence-electron chi connectivity index (χ1n) is 6.80. The zero-order chi connectivity index (χ0) is 16.4. The highest BCUT2D eigenvalue weighted by Gasteiger charge is 2.36. The third kappa shape index (κ3) is 3.29. The molecule has 0 radical (unpaired) electrons. The molecule has 0 aliphatic carbocycles. The van der Waals surface area contributed by atoms with Gasteiger partial charge in [-0.2, -0.15) is 0 Å². The molecule has 23 heavy (non-hydrogen) atoms. The number of carbonyl (C=O) groups excluding carboxylic acids is 1. The molecule has 9 heteroatoms. The summed E-state index contributed by atoms with van der Waals surface area (Å²) in [6.45, 7) is 0.559. The van der Waals surface area contributed by atoms with Crippen LogP contribution in [0.1, 0.15) is 0 Å². The van der Waals surface area contributed by atoms with Crippen molar-refractivity contribution < 1.29 is 17.6 Å². The van der Waals surface area contributed by atoms with Crippen LogP contribution in [-0.2, 0) is 14.8 Å². The van der Waals surface area contributed by atoms with Gasteiger partial charge >= 0.3 is 0 Å². The minimum absolute atomic E-state index is 0.0337. The predicted octanol–water partition coefficient (Wildman–Crippen LogP) is 0.557. The van der Waals surface area contributed by atoms with Gasteiger partial charge in [-0.1, -0.05) is 18.2 Å². The zero-order valence-electron chi connectivity index (χ0n) is 11.9. The molecular formula is C14H13FN4O3S. The summed E-state index contributed by atoms with van der Waals surface area (Å²) in [6.07, 6.45) is 2.07. The Morgan fingerprint density at radius 1 is 1.17 bits per heavy atom. The lowest BCUT2D eigenvalue weighted by Crippen LogP contribution is -2.55. The van der Waals surface area contributed by atoms with Gasteiger partial charge in [-0.05, 0) is 12.1 Å². The highest BCUT2D eigenvalue weighted by atomic mass is 32.2. The van der Waals surface area contributed by atoms with Gasteiger partial charge in [0.15, 0.2) is 5.82 Å². The van der Waals surface area contributed by atoms with Gasteiger partial charge in [-0.25, -0.2) is 27.5 Å². The largest absolute Gasteiger partial charge is 0.339 e. The van der Waals surface area contributed by atoms with E-state index in [2.05, 4.69) is 14.7 Å². The van der Waals surface area contributed by atoms with Crippen molar-refractivity contribution in [2.75, 3.05) is 18.0 Å². The number of nitrogens with zero attached hydrogens (tertiary/aromatic N) is 3. The number of benzene rings is 1. The summed E-state index contributed by atoms with van der Waals surface area (Å²) in [7, 11) is -3.87. The molecule has 0 spiro atoms. The third-order valence-corrected chi connectivity index (χ3v) is 4.79. The molecule has 120 valence electrons. The maximum Gasteiger partial charge on any atom is 0.264 e. The van der Waals surface area contributed by atoms with Crippen LogP contribution in [0.15, 0.2) is 47.6 Å². The average Bonchev–Trinajstić information content (AvgIpc) is 2.48. The fourth-order valence-electron chi connectivity index (χ4n) is 2.15. The van der Waals surface area contributed by atoms with Crippen molar-refractivity contribution >= 4 is 21.9 Å². The second kappa shape index (κ2) is 5.92. The van der Waals surface area contributed by atoms with Crippen LogP contribution in [0.2, 0.25) is 0 Å². The number of hydrogen-bond acceptors (Lipinski definition) is 6. The van der Waals surface area contributed by atoms with Crippen molar-refractivity contribution in [3.8, 4) is 0 Å². The van der Waals surface area contributed by atoms with E-state index in [-0.39, 0.29) is 18.0 Å². The van der Waals surface area contributed by atoms with Crippen LogP contribution in [0, 0.1) is 11.7 Å². The quantitative estimate of drug-likeness (QED) is 0.877. The molecule has 0 bridgehead atoms. The summed E-state index contributed by atoms with van der Waals surface area (Å²) >= 11 is 0. The van der Waals surface area contributed by atoms with Crippen LogP contribution in [0.4, 0.5) is 10.3 Å². The Morgan fingerprint density at radius 2 is 1.78 bits per heavy atom. The first kappa shape index (κ1) is 15.3. The van der Waals surface area contributed by atoms with Crippen molar-refractivity contribution in [1.82, 2.24) is 14.7 Å². The molecule has 1 N–H and O–H groups in total. The highest BCUT2D eigenvalue weighted by molar-refractivity contribution is 7.90. The molecule has 0 unspecified atom stereocenters. The summed E-state index contributed by atoms with van der Waals surface area (Å²) in [6, 6.07) is 7.67. The molecule has 1 aliphatic rings. The first-order chi connectivity index (χ1) is 11.0. The number of rotatable bonds is 4. The lowest BCUT2D eigenvalue weighted by atomic mass is 10.0. The molecule has 0 atom stereocenters. The number of hydrogen-bond donors (Lipinski definition) is 1. The fourth-order valence-corrected chi connectivity index (χ4v) is 3.22. The van der Waals surface area contributed by atoms with Gasteiger partial charge in [-0.15, -0.1) is 0 Å². The Hall–Kier alpha value is -2.55. The Labute approximate surface area is 132 Å². The molecule has 0 saturated carbocycles. The van der Waals surface area contributed by atoms with E-state index in [1.807, 2.05) is 0 Å². The van der Waals surface area contributed by atoms with Crippen molar-refractivity contribution in [3.63, 3.8) is 0 Å². The van der Waals surface area contributed by atoms with E-state index in [4.69, 9.17) is 0 Å². The zero-order valence-corrected chi connectivity index (χ0v) is 12.7. The minimum atomic E-state index is -3.87. The van der Waals surface area contributed by atoms with Crippen LogP contribution >= 0.6 is 0 Å². The maximum absolute atomic E-state index is 12.7. The maximum atomic E-state index is 12.7. The lowest BCUT2D eigenvalue weighted by Gasteiger charge is -2.37. The topological polar surface area (TPSA) is 92.3 Å². The summed E-state index contributed by atoms with van der Waals surface area (Å²) in [5, 5.41) is 0. The Morgan fingerprint density at radius 3 is 2.39 bits per heavy atom. The van der Waals surface area contributed by atoms with Crippen molar-refractivity contribution in [1.29, 1.82) is 0 Å². The molecule has 1 aliphatic heterocycles. The Kier molecular flexibility index (Phi) is 3.95. The molecule has 1 saturated heterocycles. The number of amides is 1. The van der Waals surface area contributed by atoms with E-state index in [0.717, 1.165) is 12.4 Å². The summed E-state index contributed by atoms with van der Waals surface area (Å²) < 4.78 is 38.9. The SMILES string of the molecule is O=C(NS(=O)(=O)c1ccccc1)C1CN(c2ncc(F)cn2)C1. The number of halogens is 1. The molecule has 1 amide bonds. The smallest absolute Gasteiger partial charge is 0.264 e. The predicted molar refractivity (Wildman–Crippen MR) is 79.5 cm³/mol. The van der Waals surface area contributed by atoms with Crippen molar-refractivity contribution in [3.05, 3.63) is 48.5 Å². The molecule has 2 aromatic rings.